The minimum Gasteiger partial charge on any atom is -0.207 e. The van der Waals surface area contributed by atoms with Gasteiger partial charge in [0.2, 0.25) is 0 Å². The van der Waals surface area contributed by atoms with Gasteiger partial charge in [0.25, 0.3) is 0 Å². The number of hydrogen-bond acceptors (Lipinski definition) is 0. The van der Waals surface area contributed by atoms with Crippen LogP contribution in [0.1, 0.15) is 27.9 Å². The highest BCUT2D eigenvalue weighted by Gasteiger charge is 2.27. The maximum Gasteiger partial charge on any atom is 0.126 e. The maximum absolute atomic E-state index is 13.3. The van der Waals surface area contributed by atoms with Gasteiger partial charge >= 0.3 is 0 Å². The summed E-state index contributed by atoms with van der Waals surface area (Å²) in [5.41, 5.74) is 3.41. The normalized spacial score (nSPS) is 21.6. The Morgan fingerprint density at radius 1 is 1.05 bits per heavy atom. The Morgan fingerprint density at radius 3 is 2.50 bits per heavy atom. The van der Waals surface area contributed by atoms with Crippen LogP contribution in [-0.2, 0) is 12.8 Å². The van der Waals surface area contributed by atoms with Crippen molar-refractivity contribution in [3.8, 4) is 0 Å². The molecule has 0 nitrogen and oxygen atoms in total. The summed E-state index contributed by atoms with van der Waals surface area (Å²) in [6, 6.07) is 12.2. The van der Waals surface area contributed by atoms with Crippen molar-refractivity contribution < 1.29 is 8.78 Å². The third-order valence-corrected chi connectivity index (χ3v) is 5.21. The van der Waals surface area contributed by atoms with Crippen molar-refractivity contribution in [3.05, 3.63) is 70.8 Å². The van der Waals surface area contributed by atoms with Gasteiger partial charge in [-0.3, -0.25) is 0 Å². The number of halogens is 3. The van der Waals surface area contributed by atoms with Gasteiger partial charge < -0.3 is 0 Å². The predicted octanol–water partition coefficient (Wildman–Crippen LogP) is 5.21. The van der Waals surface area contributed by atoms with E-state index in [4.69, 9.17) is 0 Å². The summed E-state index contributed by atoms with van der Waals surface area (Å²) in [4.78, 5) is 0.249. The molecule has 0 aliphatic heterocycles. The third-order valence-electron chi connectivity index (χ3n) is 3.97. The van der Waals surface area contributed by atoms with Gasteiger partial charge in [-0.05, 0) is 54.0 Å². The molecule has 3 heteroatoms. The van der Waals surface area contributed by atoms with Gasteiger partial charge in [-0.2, -0.15) is 0 Å². The fourth-order valence-electron chi connectivity index (χ4n) is 3.01. The highest BCUT2D eigenvalue weighted by Crippen LogP contribution is 2.42. The van der Waals surface area contributed by atoms with E-state index in [1.165, 1.54) is 23.3 Å². The van der Waals surface area contributed by atoms with Gasteiger partial charge in [-0.1, -0.05) is 40.2 Å². The molecule has 3 rings (SSSR count). The van der Waals surface area contributed by atoms with Crippen LogP contribution in [0.25, 0.3) is 0 Å². The molecular formula is C17H15BrF2. The molecule has 0 aromatic heterocycles. The lowest BCUT2D eigenvalue weighted by Gasteiger charge is -2.30. The van der Waals surface area contributed by atoms with Crippen LogP contribution in [0.5, 0.6) is 0 Å². The van der Waals surface area contributed by atoms with Gasteiger partial charge in [-0.15, -0.1) is 0 Å². The van der Waals surface area contributed by atoms with Crippen molar-refractivity contribution in [1.29, 1.82) is 0 Å². The largest absolute Gasteiger partial charge is 0.207 e. The van der Waals surface area contributed by atoms with Crippen molar-refractivity contribution in [2.45, 2.75) is 24.1 Å². The van der Waals surface area contributed by atoms with Crippen LogP contribution in [-0.4, -0.2) is 0 Å². The van der Waals surface area contributed by atoms with E-state index in [0.29, 0.717) is 12.3 Å². The zero-order valence-corrected chi connectivity index (χ0v) is 12.5. The monoisotopic (exact) mass is 336 g/mol. The molecule has 0 amide bonds. The molecule has 0 bridgehead atoms. The van der Waals surface area contributed by atoms with E-state index in [-0.39, 0.29) is 4.83 Å². The first-order chi connectivity index (χ1) is 9.63. The Bertz CT molecular complexity index is 604. The molecule has 1 aliphatic carbocycles. The van der Waals surface area contributed by atoms with Gasteiger partial charge in [0.15, 0.2) is 0 Å². The molecule has 0 heterocycles. The van der Waals surface area contributed by atoms with Crippen LogP contribution in [0.4, 0.5) is 8.78 Å². The highest BCUT2D eigenvalue weighted by molar-refractivity contribution is 9.09. The number of rotatable bonds is 2. The summed E-state index contributed by atoms with van der Waals surface area (Å²) < 4.78 is 26.5. The van der Waals surface area contributed by atoms with E-state index in [9.17, 15) is 8.78 Å². The van der Waals surface area contributed by atoms with Crippen LogP contribution in [0, 0.1) is 17.6 Å². The average Bonchev–Trinajstić information content (AvgIpc) is 2.41. The van der Waals surface area contributed by atoms with Crippen molar-refractivity contribution in [2.75, 3.05) is 0 Å². The number of hydrogen-bond donors (Lipinski definition) is 0. The second kappa shape index (κ2) is 5.65. The van der Waals surface area contributed by atoms with E-state index < -0.39 is 11.6 Å². The SMILES string of the molecule is Fc1cc(F)cc(CC2CCc3ccccc3C2Br)c1. The zero-order chi connectivity index (χ0) is 14.1. The predicted molar refractivity (Wildman–Crippen MR) is 80.0 cm³/mol. The van der Waals surface area contributed by atoms with Gasteiger partial charge in [-0.25, -0.2) is 8.78 Å². The molecule has 2 aromatic rings. The molecule has 0 N–H and O–H groups in total. The molecule has 0 radical (unpaired) electrons. The van der Waals surface area contributed by atoms with Crippen LogP contribution in [0.2, 0.25) is 0 Å². The van der Waals surface area contributed by atoms with Gasteiger partial charge in [0, 0.05) is 10.9 Å². The summed E-state index contributed by atoms with van der Waals surface area (Å²) in [5.74, 6) is -0.629. The quantitative estimate of drug-likeness (QED) is 0.660. The standard InChI is InChI=1S/C17H15BrF2/c18-17-13(6-5-12-3-1-2-4-16(12)17)7-11-8-14(19)10-15(20)9-11/h1-4,8-10,13,17H,5-7H2. The zero-order valence-electron chi connectivity index (χ0n) is 11.0. The molecule has 0 saturated heterocycles. The van der Waals surface area contributed by atoms with Crippen LogP contribution in [0.3, 0.4) is 0 Å². The van der Waals surface area contributed by atoms with Gasteiger partial charge in [0.1, 0.15) is 11.6 Å². The topological polar surface area (TPSA) is 0 Å². The first-order valence-electron chi connectivity index (χ1n) is 6.80. The molecule has 2 atom stereocenters. The molecule has 0 spiro atoms. The van der Waals surface area contributed by atoms with E-state index in [1.54, 1.807) is 0 Å². The molecule has 1 aliphatic rings. The second-order valence-corrected chi connectivity index (χ2v) is 6.37. The van der Waals surface area contributed by atoms with Crippen molar-refractivity contribution >= 4 is 15.9 Å². The molecule has 2 unspecified atom stereocenters. The summed E-state index contributed by atoms with van der Waals surface area (Å²) >= 11 is 3.76. The lowest BCUT2D eigenvalue weighted by molar-refractivity contribution is 0.450. The summed E-state index contributed by atoms with van der Waals surface area (Å²) in [7, 11) is 0. The second-order valence-electron chi connectivity index (χ2n) is 5.38. The molecule has 2 aromatic carbocycles. The van der Waals surface area contributed by atoms with E-state index >= 15 is 0 Å². The number of aryl methyl sites for hydroxylation is 1. The fraction of sp³-hybridized carbons (Fsp3) is 0.294. The Kier molecular flexibility index (Phi) is 3.88. The summed E-state index contributed by atoms with van der Waals surface area (Å²) in [5, 5.41) is 0. The third kappa shape index (κ3) is 2.78. The van der Waals surface area contributed by atoms with Crippen molar-refractivity contribution in [1.82, 2.24) is 0 Å². The molecule has 20 heavy (non-hydrogen) atoms. The average molecular weight is 337 g/mol. The number of fused-ring (bicyclic) bond motifs is 1. The van der Waals surface area contributed by atoms with Crippen molar-refractivity contribution in [3.63, 3.8) is 0 Å². The van der Waals surface area contributed by atoms with Crippen LogP contribution >= 0.6 is 15.9 Å². The Morgan fingerprint density at radius 2 is 1.75 bits per heavy atom. The Labute approximate surface area is 126 Å². The Balaban J connectivity index is 1.82. The van der Waals surface area contributed by atoms with Gasteiger partial charge in [0.05, 0.1) is 0 Å². The lowest BCUT2D eigenvalue weighted by atomic mass is 9.81. The highest BCUT2D eigenvalue weighted by atomic mass is 79.9. The molecule has 104 valence electrons. The minimum atomic E-state index is -0.498. The first kappa shape index (κ1) is 13.7. The fourth-order valence-corrected chi connectivity index (χ4v) is 3.91. The number of benzene rings is 2. The van der Waals surface area contributed by atoms with Crippen LogP contribution in [0.15, 0.2) is 42.5 Å². The lowest BCUT2D eigenvalue weighted by Crippen LogP contribution is -2.19. The Hall–Kier alpha value is -1.22. The van der Waals surface area contributed by atoms with Crippen molar-refractivity contribution in [2.24, 2.45) is 5.92 Å². The molecular weight excluding hydrogens is 322 g/mol. The smallest absolute Gasteiger partial charge is 0.126 e. The van der Waals surface area contributed by atoms with E-state index in [0.717, 1.165) is 24.5 Å². The molecule has 0 fully saturated rings. The summed E-state index contributed by atoms with van der Waals surface area (Å²) in [6.07, 6.45) is 2.75. The van der Waals surface area contributed by atoms with E-state index in [1.807, 2.05) is 6.07 Å². The molecule has 0 saturated carbocycles. The summed E-state index contributed by atoms with van der Waals surface area (Å²) in [6.45, 7) is 0. The minimum absolute atomic E-state index is 0.249. The van der Waals surface area contributed by atoms with E-state index in [2.05, 4.69) is 34.1 Å². The number of alkyl halides is 1. The van der Waals surface area contributed by atoms with Crippen LogP contribution < -0.4 is 0 Å². The maximum atomic E-state index is 13.3. The first-order valence-corrected chi connectivity index (χ1v) is 7.72.